The minimum Gasteiger partial charge on any atom is -0.466 e. The van der Waals surface area contributed by atoms with Crippen LogP contribution in [0.25, 0.3) is 6.08 Å². The van der Waals surface area contributed by atoms with Crippen LogP contribution in [0.5, 0.6) is 5.75 Å². The van der Waals surface area contributed by atoms with Crippen molar-refractivity contribution < 1.29 is 26.9 Å². The van der Waals surface area contributed by atoms with Crippen molar-refractivity contribution in [2.75, 3.05) is 7.11 Å². The van der Waals surface area contributed by atoms with E-state index in [1.807, 2.05) is 58.0 Å². The van der Waals surface area contributed by atoms with Gasteiger partial charge in [0.25, 0.3) is 0 Å². The highest BCUT2D eigenvalue weighted by Gasteiger charge is 2.35. The van der Waals surface area contributed by atoms with E-state index in [4.69, 9.17) is 4.18 Å². The van der Waals surface area contributed by atoms with Crippen molar-refractivity contribution >= 4 is 24.1 Å². The van der Waals surface area contributed by atoms with Crippen LogP contribution in [0.1, 0.15) is 83.2 Å². The van der Waals surface area contributed by atoms with Gasteiger partial charge >= 0.3 is 11.5 Å². The summed E-state index contributed by atoms with van der Waals surface area (Å²) in [7, 11) is 1.33. The number of esters is 1. The molecule has 4 rings (SSSR count). The van der Waals surface area contributed by atoms with Crippen LogP contribution in [0, 0.1) is 0 Å². The van der Waals surface area contributed by atoms with Crippen molar-refractivity contribution in [1.82, 2.24) is 4.90 Å². The second-order valence-electron chi connectivity index (χ2n) is 8.47. The number of methoxy groups -OCH3 is 1. The fourth-order valence-corrected chi connectivity index (χ4v) is 4.84. The molecular weight excluding hydrogens is 535 g/mol. The fourth-order valence-electron chi connectivity index (χ4n) is 4.55. The molecule has 40 heavy (non-hydrogen) atoms. The predicted molar refractivity (Wildman–Crippen MR) is 161 cm³/mol. The Kier molecular flexibility index (Phi) is 14.7. The second-order valence-corrected chi connectivity index (χ2v) is 9.26. The Labute approximate surface area is 242 Å². The number of benzene rings is 2. The normalized spacial score (nSPS) is 17.7. The van der Waals surface area contributed by atoms with Crippen molar-refractivity contribution in [1.29, 1.82) is 0 Å². The lowest BCUT2D eigenvalue weighted by Crippen LogP contribution is -2.41. The number of hydrogen-bond donors (Lipinski definition) is 0. The molecule has 1 aliphatic carbocycles. The van der Waals surface area contributed by atoms with Gasteiger partial charge in [-0.2, -0.15) is 13.2 Å². The first-order valence-corrected chi connectivity index (χ1v) is 14.1. The summed E-state index contributed by atoms with van der Waals surface area (Å²) in [6, 6.07) is 13.1. The van der Waals surface area contributed by atoms with Crippen LogP contribution >= 0.6 is 12.0 Å². The third-order valence-corrected chi connectivity index (χ3v) is 6.51. The fraction of sp³-hybridized carbons (Fsp3) is 0.406. The maximum absolute atomic E-state index is 12.6. The Balaban J connectivity index is 0.00000153. The summed E-state index contributed by atoms with van der Waals surface area (Å²) in [5.41, 5.74) is 0.582. The van der Waals surface area contributed by atoms with E-state index in [1.54, 1.807) is 18.2 Å². The third kappa shape index (κ3) is 9.51. The van der Waals surface area contributed by atoms with Crippen LogP contribution in [0.15, 0.2) is 72.5 Å². The lowest BCUT2D eigenvalue weighted by molar-refractivity contribution is -0.134. The summed E-state index contributed by atoms with van der Waals surface area (Å²) in [4.78, 5) is 13.8. The zero-order valence-corrected chi connectivity index (χ0v) is 24.2. The van der Waals surface area contributed by atoms with E-state index < -0.39 is 23.5 Å². The van der Waals surface area contributed by atoms with Gasteiger partial charge in [0.15, 0.2) is 12.0 Å². The summed E-state index contributed by atoms with van der Waals surface area (Å²) >= 11 is -0.500. The monoisotopic (exact) mass is 577 g/mol. The molecule has 0 saturated carbocycles. The average Bonchev–Trinajstić information content (AvgIpc) is 2.96. The minimum absolute atomic E-state index is 0. The topological polar surface area (TPSA) is 38.8 Å². The Hall–Kier alpha value is -3.13. The van der Waals surface area contributed by atoms with Crippen LogP contribution in [0.4, 0.5) is 13.2 Å². The van der Waals surface area contributed by atoms with E-state index in [2.05, 4.69) is 34.8 Å². The molecule has 8 heteroatoms. The standard InChI is InChI=1S/C27H26F3NO3S.2C2H6.CH4/c1-18-16-21-17-23(34-35-27(28,29)30)13-14-24(21)26(31(18)22-6-4-3-5-7-22)20-11-8-19(9-12-20)10-15-25(32)33-2;2*1-2;/h4,6-15,17-18,26H,3,5,16H2,1-2H3;2*1-2H3;1H4/b15-10+;;;/t18-,26?;;;/m1.../s1. The number of nitrogens with zero attached hydrogens (tertiary/aromatic N) is 1. The number of halogens is 3. The zero-order valence-electron chi connectivity index (χ0n) is 23.4. The van der Waals surface area contributed by atoms with Crippen molar-refractivity contribution in [2.24, 2.45) is 0 Å². The third-order valence-electron chi connectivity index (χ3n) is 6.05. The summed E-state index contributed by atoms with van der Waals surface area (Å²) in [6.07, 6.45) is 12.3. The Morgan fingerprint density at radius 1 is 1.05 bits per heavy atom. The van der Waals surface area contributed by atoms with Crippen LogP contribution in [0.2, 0.25) is 0 Å². The number of rotatable bonds is 6. The van der Waals surface area contributed by atoms with Gasteiger partial charge in [0.1, 0.15) is 5.75 Å². The lowest BCUT2D eigenvalue weighted by Gasteiger charge is -2.45. The molecule has 1 unspecified atom stereocenters. The Morgan fingerprint density at radius 3 is 2.30 bits per heavy atom. The molecule has 0 radical (unpaired) electrons. The molecule has 0 spiro atoms. The highest BCUT2D eigenvalue weighted by molar-refractivity contribution is 7.95. The van der Waals surface area contributed by atoms with Gasteiger partial charge in [0, 0.05) is 17.8 Å². The van der Waals surface area contributed by atoms with Gasteiger partial charge in [-0.3, -0.25) is 0 Å². The molecule has 1 heterocycles. The van der Waals surface area contributed by atoms with Crippen molar-refractivity contribution in [3.05, 3.63) is 94.7 Å². The van der Waals surface area contributed by atoms with Gasteiger partial charge in [-0.05, 0) is 72.7 Å². The summed E-state index contributed by atoms with van der Waals surface area (Å²) in [5.74, 6) is -0.237. The summed E-state index contributed by atoms with van der Waals surface area (Å²) < 4.78 is 47.5. The zero-order chi connectivity index (χ0) is 29.0. The van der Waals surface area contributed by atoms with Gasteiger partial charge in [0.2, 0.25) is 0 Å². The number of carbonyl (C=O) groups is 1. The Morgan fingerprint density at radius 2 is 1.73 bits per heavy atom. The molecular formula is C32H42F3NO3S. The van der Waals surface area contributed by atoms with Gasteiger partial charge in [-0.15, -0.1) is 0 Å². The first-order chi connectivity index (χ1) is 18.7. The van der Waals surface area contributed by atoms with E-state index in [-0.39, 0.29) is 25.3 Å². The maximum atomic E-state index is 12.6. The van der Waals surface area contributed by atoms with Crippen LogP contribution in [-0.4, -0.2) is 29.5 Å². The molecule has 2 aliphatic rings. The molecule has 0 saturated heterocycles. The first kappa shape index (κ1) is 34.9. The largest absolute Gasteiger partial charge is 0.479 e. The summed E-state index contributed by atoms with van der Waals surface area (Å²) in [5, 5.41) is 0. The number of ether oxygens (including phenoxy) is 1. The van der Waals surface area contributed by atoms with Gasteiger partial charge in [-0.25, -0.2) is 4.79 Å². The van der Waals surface area contributed by atoms with E-state index in [9.17, 15) is 18.0 Å². The van der Waals surface area contributed by atoms with E-state index in [1.165, 1.54) is 13.2 Å². The van der Waals surface area contributed by atoms with E-state index in [0.29, 0.717) is 6.42 Å². The molecule has 0 N–H and O–H groups in total. The molecule has 0 aromatic heterocycles. The molecule has 0 amide bonds. The molecule has 2 aromatic carbocycles. The number of hydrogen-bond acceptors (Lipinski definition) is 5. The predicted octanol–water partition coefficient (Wildman–Crippen LogP) is 9.68. The highest BCUT2D eigenvalue weighted by atomic mass is 32.2. The van der Waals surface area contributed by atoms with Crippen molar-refractivity contribution in [3.8, 4) is 5.75 Å². The smallest absolute Gasteiger partial charge is 0.466 e. The number of allylic oxidation sites excluding steroid dienone is 3. The van der Waals surface area contributed by atoms with Crippen molar-refractivity contribution in [2.45, 2.75) is 78.9 Å². The van der Waals surface area contributed by atoms with E-state index in [0.717, 1.165) is 40.8 Å². The highest BCUT2D eigenvalue weighted by Crippen LogP contribution is 2.43. The molecule has 2 atom stereocenters. The van der Waals surface area contributed by atoms with Crippen molar-refractivity contribution in [3.63, 3.8) is 0 Å². The SMILES string of the molecule is C.CC.CC.COC(=O)/C=C/c1ccc(C2c3ccc(OSC(F)(F)F)cc3C[C@@H](C)N2C2=CCCC=C2)cc1. The molecule has 0 bridgehead atoms. The lowest BCUT2D eigenvalue weighted by atomic mass is 9.84. The van der Waals surface area contributed by atoms with Crippen LogP contribution < -0.4 is 4.18 Å². The van der Waals surface area contributed by atoms with E-state index >= 15 is 0 Å². The molecule has 0 fully saturated rings. The van der Waals surface area contributed by atoms with Crippen LogP contribution in [0.3, 0.4) is 0 Å². The number of carbonyl (C=O) groups excluding carboxylic acids is 1. The van der Waals surface area contributed by atoms with Gasteiger partial charge < -0.3 is 13.8 Å². The molecule has 4 nitrogen and oxygen atoms in total. The number of fused-ring (bicyclic) bond motifs is 1. The molecule has 220 valence electrons. The summed E-state index contributed by atoms with van der Waals surface area (Å²) in [6.45, 7) is 10.1. The van der Waals surface area contributed by atoms with Gasteiger partial charge in [-0.1, -0.05) is 77.6 Å². The Bertz CT molecular complexity index is 1160. The first-order valence-electron chi connectivity index (χ1n) is 13.3. The van der Waals surface area contributed by atoms with Gasteiger partial charge in [0.05, 0.1) is 13.2 Å². The average molecular weight is 578 g/mol. The number of alkyl halides is 3. The van der Waals surface area contributed by atoms with Crippen LogP contribution in [-0.2, 0) is 16.0 Å². The molecule has 1 aliphatic heterocycles. The minimum atomic E-state index is -4.47. The maximum Gasteiger partial charge on any atom is 0.479 e. The molecule has 2 aromatic rings. The second kappa shape index (κ2) is 16.9. The quantitative estimate of drug-likeness (QED) is 0.194.